The van der Waals surface area contributed by atoms with E-state index in [1.165, 1.54) is 0 Å². The normalized spacial score (nSPS) is 14.2. The van der Waals surface area contributed by atoms with Crippen LogP contribution in [0.3, 0.4) is 0 Å². The second-order valence-electron chi connectivity index (χ2n) is 4.82. The number of para-hydroxylation sites is 1. The lowest BCUT2D eigenvalue weighted by Crippen LogP contribution is -2.16. The van der Waals surface area contributed by atoms with Crippen LogP contribution >= 0.6 is 0 Å². The fourth-order valence-electron chi connectivity index (χ4n) is 2.34. The van der Waals surface area contributed by atoms with E-state index >= 15 is 0 Å². The van der Waals surface area contributed by atoms with E-state index in [1.54, 1.807) is 36.4 Å². The topological polar surface area (TPSA) is 58.2 Å². The van der Waals surface area contributed by atoms with Gasteiger partial charge in [-0.2, -0.15) is 0 Å². The Kier molecular flexibility index (Phi) is 3.36. The first-order valence-electron chi connectivity index (χ1n) is 6.60. The quantitative estimate of drug-likeness (QED) is 0.913. The van der Waals surface area contributed by atoms with Gasteiger partial charge in [-0.25, -0.2) is 8.42 Å². The predicted molar refractivity (Wildman–Crippen MR) is 80.5 cm³/mol. The van der Waals surface area contributed by atoms with Crippen LogP contribution in [0.25, 0.3) is 0 Å². The molecule has 20 heavy (non-hydrogen) atoms. The second-order valence-corrected chi connectivity index (χ2v) is 6.50. The van der Waals surface area contributed by atoms with Crippen LogP contribution in [0, 0.1) is 0 Å². The molecule has 1 aliphatic rings. The van der Waals surface area contributed by atoms with Crippen molar-refractivity contribution in [3.8, 4) is 0 Å². The number of anilines is 2. The molecule has 0 fully saturated rings. The minimum Gasteiger partial charge on any atom is -0.385 e. The number of rotatable bonds is 3. The molecule has 0 saturated heterocycles. The molecule has 2 aromatic rings. The molecule has 0 radical (unpaired) electrons. The fraction of sp³-hybridized carbons (Fsp3) is 0.200. The van der Waals surface area contributed by atoms with E-state index in [-0.39, 0.29) is 0 Å². The van der Waals surface area contributed by atoms with Gasteiger partial charge in [0.2, 0.25) is 0 Å². The van der Waals surface area contributed by atoms with Crippen LogP contribution in [0.15, 0.2) is 53.4 Å². The Balaban J connectivity index is 1.91. The maximum atomic E-state index is 12.4. The molecule has 0 aromatic heterocycles. The Morgan fingerprint density at radius 1 is 1.05 bits per heavy atom. The van der Waals surface area contributed by atoms with Gasteiger partial charge in [-0.3, -0.25) is 4.72 Å². The minimum atomic E-state index is -3.52. The molecule has 5 heteroatoms. The Morgan fingerprint density at radius 2 is 1.85 bits per heavy atom. The van der Waals surface area contributed by atoms with Crippen LogP contribution in [0.1, 0.15) is 12.0 Å². The van der Waals surface area contributed by atoms with Gasteiger partial charge in [0.25, 0.3) is 10.0 Å². The van der Waals surface area contributed by atoms with E-state index in [4.69, 9.17) is 0 Å². The molecular weight excluding hydrogens is 272 g/mol. The third kappa shape index (κ3) is 2.63. The number of sulfonamides is 1. The van der Waals surface area contributed by atoms with Crippen molar-refractivity contribution in [3.05, 3.63) is 54.1 Å². The number of benzene rings is 2. The lowest BCUT2D eigenvalue weighted by atomic mass is 10.0. The van der Waals surface area contributed by atoms with Crippen LogP contribution in [0.2, 0.25) is 0 Å². The zero-order valence-electron chi connectivity index (χ0n) is 11.0. The fourth-order valence-corrected chi connectivity index (χ4v) is 3.45. The Hall–Kier alpha value is -2.01. The Labute approximate surface area is 118 Å². The first-order chi connectivity index (χ1) is 9.65. The summed E-state index contributed by atoms with van der Waals surface area (Å²) >= 11 is 0. The van der Waals surface area contributed by atoms with Crippen molar-refractivity contribution >= 4 is 21.4 Å². The predicted octanol–water partition coefficient (Wildman–Crippen LogP) is 2.85. The van der Waals surface area contributed by atoms with Gasteiger partial charge in [0, 0.05) is 17.9 Å². The molecule has 1 aliphatic heterocycles. The summed E-state index contributed by atoms with van der Waals surface area (Å²) in [5, 5.41) is 3.28. The molecule has 0 unspecified atom stereocenters. The first-order valence-corrected chi connectivity index (χ1v) is 8.08. The molecule has 104 valence electrons. The number of hydrogen-bond donors (Lipinski definition) is 2. The van der Waals surface area contributed by atoms with Crippen LogP contribution in [0.5, 0.6) is 0 Å². The van der Waals surface area contributed by atoms with Gasteiger partial charge in [0.05, 0.1) is 4.90 Å². The van der Waals surface area contributed by atoms with Crippen molar-refractivity contribution in [2.45, 2.75) is 17.7 Å². The van der Waals surface area contributed by atoms with Gasteiger partial charge in [-0.15, -0.1) is 0 Å². The highest BCUT2D eigenvalue weighted by atomic mass is 32.2. The summed E-state index contributed by atoms with van der Waals surface area (Å²) in [7, 11) is -3.52. The molecule has 0 atom stereocenters. The minimum absolute atomic E-state index is 0.309. The highest BCUT2D eigenvalue weighted by Crippen LogP contribution is 2.25. The number of hydrogen-bond acceptors (Lipinski definition) is 3. The van der Waals surface area contributed by atoms with Gasteiger partial charge in [-0.05, 0) is 48.7 Å². The number of aryl methyl sites for hydroxylation is 1. The molecule has 2 N–H and O–H groups in total. The largest absolute Gasteiger partial charge is 0.385 e. The Bertz CT molecular complexity index is 712. The van der Waals surface area contributed by atoms with Crippen LogP contribution in [0.4, 0.5) is 11.4 Å². The number of nitrogens with one attached hydrogen (secondary N) is 2. The molecule has 0 amide bonds. The molecule has 4 nitrogen and oxygen atoms in total. The van der Waals surface area contributed by atoms with Gasteiger partial charge < -0.3 is 5.32 Å². The zero-order valence-corrected chi connectivity index (χ0v) is 11.8. The second kappa shape index (κ2) is 5.17. The van der Waals surface area contributed by atoms with Crippen LogP contribution in [-0.4, -0.2) is 15.0 Å². The van der Waals surface area contributed by atoms with E-state index < -0.39 is 10.0 Å². The van der Waals surface area contributed by atoms with Gasteiger partial charge in [0.1, 0.15) is 0 Å². The molecule has 3 rings (SSSR count). The number of fused-ring (bicyclic) bond motifs is 1. The lowest BCUT2D eigenvalue weighted by molar-refractivity contribution is 0.601. The standard InChI is InChI=1S/C15H16N2O2S/c18-20(19,17-13-6-2-1-3-7-13)14-8-9-15-12(11-14)5-4-10-16-15/h1-3,6-9,11,16-17H,4-5,10H2. The molecule has 1 heterocycles. The average molecular weight is 288 g/mol. The highest BCUT2D eigenvalue weighted by molar-refractivity contribution is 7.92. The molecule has 0 spiro atoms. The monoisotopic (exact) mass is 288 g/mol. The van der Waals surface area contributed by atoms with Crippen LogP contribution < -0.4 is 10.0 Å². The van der Waals surface area contributed by atoms with E-state index in [2.05, 4.69) is 10.0 Å². The third-order valence-electron chi connectivity index (χ3n) is 3.35. The molecule has 0 aliphatic carbocycles. The lowest BCUT2D eigenvalue weighted by Gasteiger charge is -2.18. The molecule has 2 aromatic carbocycles. The first kappa shape index (κ1) is 13.0. The van der Waals surface area contributed by atoms with Crippen molar-refractivity contribution in [3.63, 3.8) is 0 Å². The SMILES string of the molecule is O=S(=O)(Nc1ccccc1)c1ccc2c(c1)CCCN2. The highest BCUT2D eigenvalue weighted by Gasteiger charge is 2.17. The summed E-state index contributed by atoms with van der Waals surface area (Å²) in [6, 6.07) is 14.2. The van der Waals surface area contributed by atoms with Crippen molar-refractivity contribution in [1.29, 1.82) is 0 Å². The average Bonchev–Trinajstić information content (AvgIpc) is 2.47. The van der Waals surface area contributed by atoms with E-state index in [0.717, 1.165) is 30.6 Å². The third-order valence-corrected chi connectivity index (χ3v) is 4.73. The van der Waals surface area contributed by atoms with Gasteiger partial charge >= 0.3 is 0 Å². The summed E-state index contributed by atoms with van der Waals surface area (Å²) in [4.78, 5) is 0.309. The maximum Gasteiger partial charge on any atom is 0.261 e. The van der Waals surface area contributed by atoms with E-state index in [0.29, 0.717) is 10.6 Å². The van der Waals surface area contributed by atoms with Gasteiger partial charge in [0.15, 0.2) is 0 Å². The summed E-state index contributed by atoms with van der Waals surface area (Å²) in [5.74, 6) is 0. The maximum absolute atomic E-state index is 12.4. The van der Waals surface area contributed by atoms with Crippen molar-refractivity contribution in [2.24, 2.45) is 0 Å². The van der Waals surface area contributed by atoms with E-state index in [1.807, 2.05) is 12.1 Å². The molecule has 0 saturated carbocycles. The molecular formula is C15H16N2O2S. The zero-order chi connectivity index (χ0) is 14.0. The van der Waals surface area contributed by atoms with E-state index in [9.17, 15) is 8.42 Å². The van der Waals surface area contributed by atoms with Crippen molar-refractivity contribution in [1.82, 2.24) is 0 Å². The summed E-state index contributed by atoms with van der Waals surface area (Å²) < 4.78 is 27.3. The summed E-state index contributed by atoms with van der Waals surface area (Å²) in [6.45, 7) is 0.946. The smallest absolute Gasteiger partial charge is 0.261 e. The summed E-state index contributed by atoms with van der Waals surface area (Å²) in [5.41, 5.74) is 2.67. The molecule has 0 bridgehead atoms. The van der Waals surface area contributed by atoms with Crippen molar-refractivity contribution < 1.29 is 8.42 Å². The van der Waals surface area contributed by atoms with Crippen LogP contribution in [-0.2, 0) is 16.4 Å². The van der Waals surface area contributed by atoms with Gasteiger partial charge in [-0.1, -0.05) is 18.2 Å². The van der Waals surface area contributed by atoms with Crippen molar-refractivity contribution in [2.75, 3.05) is 16.6 Å². The Morgan fingerprint density at radius 3 is 2.65 bits per heavy atom. The summed E-state index contributed by atoms with van der Waals surface area (Å²) in [6.07, 6.45) is 1.94.